The molecule has 0 saturated heterocycles. The van der Waals surface area contributed by atoms with E-state index in [2.05, 4.69) is 6.58 Å². The summed E-state index contributed by atoms with van der Waals surface area (Å²) in [6.07, 6.45) is 2.40. The van der Waals surface area contributed by atoms with Crippen LogP contribution in [0.2, 0.25) is 0 Å². The summed E-state index contributed by atoms with van der Waals surface area (Å²) in [5, 5.41) is -0.410. The lowest BCUT2D eigenvalue weighted by molar-refractivity contribution is 0.592. The Morgan fingerprint density at radius 3 is 2.29 bits per heavy atom. The second kappa shape index (κ2) is 4.85. The highest BCUT2D eigenvalue weighted by molar-refractivity contribution is 7.92. The number of allylic oxidation sites excluding steroid dienone is 1. The highest BCUT2D eigenvalue weighted by Crippen LogP contribution is 2.55. The van der Waals surface area contributed by atoms with Crippen LogP contribution >= 0.6 is 0 Å². The zero-order valence-electron chi connectivity index (χ0n) is 12.0. The molecule has 2 nitrogen and oxygen atoms in total. The Morgan fingerprint density at radius 1 is 1.10 bits per heavy atom. The van der Waals surface area contributed by atoms with E-state index in [1.165, 1.54) is 0 Å². The molecule has 0 aromatic heterocycles. The summed E-state index contributed by atoms with van der Waals surface area (Å²) in [7, 11) is -3.32. The molecule has 1 aliphatic carbocycles. The molecular weight excluding hydrogens is 280 g/mol. The van der Waals surface area contributed by atoms with Gasteiger partial charge in [0.05, 0.1) is 10.1 Å². The van der Waals surface area contributed by atoms with Crippen molar-refractivity contribution < 1.29 is 8.42 Å². The second-order valence-corrected chi connectivity index (χ2v) is 7.79. The van der Waals surface area contributed by atoms with E-state index >= 15 is 0 Å². The Bertz CT molecular complexity index is 761. The van der Waals surface area contributed by atoms with Gasteiger partial charge < -0.3 is 0 Å². The Labute approximate surface area is 126 Å². The maximum Gasteiger partial charge on any atom is 0.182 e. The first-order valence-corrected chi connectivity index (χ1v) is 8.55. The fourth-order valence-electron chi connectivity index (χ4n) is 2.91. The van der Waals surface area contributed by atoms with Gasteiger partial charge in [-0.15, -0.1) is 6.58 Å². The molecule has 1 saturated carbocycles. The van der Waals surface area contributed by atoms with Crippen molar-refractivity contribution >= 4 is 9.84 Å². The Kier molecular flexibility index (Phi) is 3.25. The van der Waals surface area contributed by atoms with Crippen LogP contribution in [-0.2, 0) is 15.3 Å². The molecule has 1 aliphatic rings. The molecule has 0 aliphatic heterocycles. The Hall–Kier alpha value is -1.87. The average molecular weight is 298 g/mol. The first-order chi connectivity index (χ1) is 10.0. The summed E-state index contributed by atoms with van der Waals surface area (Å²) in [5.41, 5.74) is 1.65. The van der Waals surface area contributed by atoms with Gasteiger partial charge in [0.2, 0.25) is 0 Å². The summed E-state index contributed by atoms with van der Waals surface area (Å²) in [6.45, 7) is 5.83. The van der Waals surface area contributed by atoms with Gasteiger partial charge in [-0.2, -0.15) is 0 Å². The van der Waals surface area contributed by atoms with E-state index in [0.29, 0.717) is 11.3 Å². The van der Waals surface area contributed by atoms with E-state index in [4.69, 9.17) is 0 Å². The molecule has 21 heavy (non-hydrogen) atoms. The van der Waals surface area contributed by atoms with Crippen molar-refractivity contribution in [2.24, 2.45) is 0 Å². The molecule has 0 N–H and O–H groups in total. The standard InChI is InChI=1S/C18H18O2S/c1-3-18(15-7-5-4-6-8-15)13-17(18)21(19,20)16-11-9-14(2)10-12-16/h3-12,17H,1,13H2,2H3/t17-,18-/m1/s1. The molecule has 3 rings (SSSR count). The van der Waals surface area contributed by atoms with E-state index in [1.54, 1.807) is 18.2 Å². The molecule has 0 amide bonds. The van der Waals surface area contributed by atoms with Gasteiger partial charge in [-0.3, -0.25) is 0 Å². The third kappa shape index (κ3) is 2.22. The van der Waals surface area contributed by atoms with Gasteiger partial charge in [-0.05, 0) is 31.0 Å². The van der Waals surface area contributed by atoms with Crippen molar-refractivity contribution in [3.8, 4) is 0 Å². The monoisotopic (exact) mass is 298 g/mol. The summed E-state index contributed by atoms with van der Waals surface area (Å²) < 4.78 is 25.6. The molecule has 2 aromatic rings. The summed E-state index contributed by atoms with van der Waals surface area (Å²) >= 11 is 0. The van der Waals surface area contributed by atoms with Crippen molar-refractivity contribution in [3.05, 3.63) is 78.4 Å². The van der Waals surface area contributed by atoms with Crippen LogP contribution in [0.5, 0.6) is 0 Å². The van der Waals surface area contributed by atoms with Crippen LogP contribution in [-0.4, -0.2) is 13.7 Å². The predicted octanol–water partition coefficient (Wildman–Crippen LogP) is 3.67. The molecular formula is C18H18O2S. The molecule has 1 fully saturated rings. The smallest absolute Gasteiger partial charge is 0.182 e. The zero-order chi connectivity index (χ0) is 15.1. The van der Waals surface area contributed by atoms with Gasteiger partial charge in [0, 0.05) is 5.41 Å². The topological polar surface area (TPSA) is 34.1 Å². The fourth-order valence-corrected chi connectivity index (χ4v) is 5.04. The highest BCUT2D eigenvalue weighted by Gasteiger charge is 2.60. The van der Waals surface area contributed by atoms with Crippen LogP contribution in [0.4, 0.5) is 0 Å². The Balaban J connectivity index is 1.99. The largest absolute Gasteiger partial charge is 0.223 e. The summed E-state index contributed by atoms with van der Waals surface area (Å²) in [5.74, 6) is 0. The fraction of sp³-hybridized carbons (Fsp3) is 0.222. The zero-order valence-corrected chi connectivity index (χ0v) is 12.8. The van der Waals surface area contributed by atoms with Gasteiger partial charge in [0.25, 0.3) is 0 Å². The van der Waals surface area contributed by atoms with Gasteiger partial charge in [0.15, 0.2) is 9.84 Å². The molecule has 0 radical (unpaired) electrons. The lowest BCUT2D eigenvalue weighted by Gasteiger charge is -2.13. The molecule has 2 atom stereocenters. The van der Waals surface area contributed by atoms with Crippen LogP contribution in [0.25, 0.3) is 0 Å². The number of hydrogen-bond donors (Lipinski definition) is 0. The van der Waals surface area contributed by atoms with E-state index in [9.17, 15) is 8.42 Å². The lowest BCUT2D eigenvalue weighted by atomic mass is 9.96. The molecule has 108 valence electrons. The predicted molar refractivity (Wildman–Crippen MR) is 85.1 cm³/mol. The summed E-state index contributed by atoms with van der Waals surface area (Å²) in [6, 6.07) is 16.8. The van der Waals surface area contributed by atoms with Gasteiger partial charge in [-0.25, -0.2) is 8.42 Å². The third-order valence-corrected chi connectivity index (χ3v) is 6.60. The van der Waals surface area contributed by atoms with Crippen molar-refractivity contribution in [2.75, 3.05) is 0 Å². The third-order valence-electron chi connectivity index (χ3n) is 4.34. The van der Waals surface area contributed by atoms with Crippen molar-refractivity contribution in [1.82, 2.24) is 0 Å². The quantitative estimate of drug-likeness (QED) is 0.807. The maximum atomic E-state index is 12.8. The molecule has 3 heteroatoms. The lowest BCUT2D eigenvalue weighted by Crippen LogP contribution is -2.18. The average Bonchev–Trinajstić information content (AvgIpc) is 3.26. The van der Waals surface area contributed by atoms with Crippen LogP contribution in [0.3, 0.4) is 0 Å². The van der Waals surface area contributed by atoms with Crippen LogP contribution in [0, 0.1) is 6.92 Å². The van der Waals surface area contributed by atoms with E-state index in [0.717, 1.165) is 11.1 Å². The molecule has 0 heterocycles. The van der Waals surface area contributed by atoms with E-state index in [1.807, 2.05) is 49.4 Å². The first kappa shape index (κ1) is 14.1. The number of aryl methyl sites for hydroxylation is 1. The number of benzene rings is 2. The molecule has 2 aromatic carbocycles. The first-order valence-electron chi connectivity index (χ1n) is 7.00. The van der Waals surface area contributed by atoms with E-state index in [-0.39, 0.29) is 0 Å². The second-order valence-electron chi connectivity index (χ2n) is 5.66. The summed E-state index contributed by atoms with van der Waals surface area (Å²) in [4.78, 5) is 0.401. The van der Waals surface area contributed by atoms with Crippen molar-refractivity contribution in [2.45, 2.75) is 28.9 Å². The van der Waals surface area contributed by atoms with Crippen LogP contribution in [0.1, 0.15) is 17.5 Å². The number of sulfone groups is 1. The van der Waals surface area contributed by atoms with Crippen LogP contribution < -0.4 is 0 Å². The Morgan fingerprint density at radius 2 is 1.71 bits per heavy atom. The normalized spacial score (nSPS) is 24.5. The molecule has 0 unspecified atom stereocenters. The SMILES string of the molecule is C=C[C@]1(c2ccccc2)C[C@H]1S(=O)(=O)c1ccc(C)cc1. The van der Waals surface area contributed by atoms with Crippen LogP contribution in [0.15, 0.2) is 72.1 Å². The van der Waals surface area contributed by atoms with Crippen molar-refractivity contribution in [3.63, 3.8) is 0 Å². The minimum atomic E-state index is -3.32. The van der Waals surface area contributed by atoms with Gasteiger partial charge in [0.1, 0.15) is 0 Å². The van der Waals surface area contributed by atoms with Gasteiger partial charge >= 0.3 is 0 Å². The van der Waals surface area contributed by atoms with Gasteiger partial charge in [-0.1, -0.05) is 54.1 Å². The maximum absolute atomic E-state index is 12.8. The van der Waals surface area contributed by atoms with Crippen molar-refractivity contribution in [1.29, 1.82) is 0 Å². The molecule has 0 spiro atoms. The minimum Gasteiger partial charge on any atom is -0.223 e. The van der Waals surface area contributed by atoms with E-state index < -0.39 is 20.5 Å². The molecule has 0 bridgehead atoms. The number of rotatable bonds is 4. The number of hydrogen-bond acceptors (Lipinski definition) is 2. The minimum absolute atomic E-state index is 0.401. The highest BCUT2D eigenvalue weighted by atomic mass is 32.2.